The molecule has 0 radical (unpaired) electrons. The van der Waals surface area contributed by atoms with Crippen LogP contribution in [0.4, 0.5) is 17.5 Å². The van der Waals surface area contributed by atoms with E-state index in [-0.39, 0.29) is 5.97 Å². The number of nitrogens with zero attached hydrogens (tertiary/aromatic N) is 3. The van der Waals surface area contributed by atoms with E-state index >= 15 is 0 Å². The summed E-state index contributed by atoms with van der Waals surface area (Å²) in [5, 5.41) is 3.24. The van der Waals surface area contributed by atoms with Crippen molar-refractivity contribution in [1.82, 2.24) is 9.97 Å². The van der Waals surface area contributed by atoms with Gasteiger partial charge in [-0.1, -0.05) is 0 Å². The number of methoxy groups -OCH3 is 1. The highest BCUT2D eigenvalue weighted by atomic mass is 16.5. The molecular formula is C17H22N4O2. The van der Waals surface area contributed by atoms with Crippen molar-refractivity contribution in [2.45, 2.75) is 20.8 Å². The van der Waals surface area contributed by atoms with E-state index in [0.717, 1.165) is 30.3 Å². The lowest BCUT2D eigenvalue weighted by molar-refractivity contribution is 0.0601. The first-order valence-corrected chi connectivity index (χ1v) is 7.63. The van der Waals surface area contributed by atoms with Crippen LogP contribution in [0.1, 0.15) is 29.9 Å². The molecule has 0 aliphatic heterocycles. The summed E-state index contributed by atoms with van der Waals surface area (Å²) >= 11 is 0. The Morgan fingerprint density at radius 3 is 2.39 bits per heavy atom. The number of aryl methyl sites for hydroxylation is 1. The number of aromatic nitrogens is 2. The molecule has 2 rings (SSSR count). The van der Waals surface area contributed by atoms with E-state index in [2.05, 4.69) is 34.0 Å². The first-order chi connectivity index (χ1) is 11.1. The van der Waals surface area contributed by atoms with Crippen LogP contribution in [0.3, 0.4) is 0 Å². The molecule has 0 atom stereocenters. The van der Waals surface area contributed by atoms with Crippen molar-refractivity contribution < 1.29 is 9.53 Å². The molecule has 0 unspecified atom stereocenters. The minimum absolute atomic E-state index is 0.349. The maximum absolute atomic E-state index is 11.4. The van der Waals surface area contributed by atoms with Crippen molar-refractivity contribution in [1.29, 1.82) is 0 Å². The minimum atomic E-state index is -0.349. The Morgan fingerprint density at radius 2 is 1.83 bits per heavy atom. The van der Waals surface area contributed by atoms with Crippen molar-refractivity contribution in [3.8, 4) is 0 Å². The van der Waals surface area contributed by atoms with E-state index < -0.39 is 0 Å². The standard InChI is InChI=1S/C17H22N4O2/c1-5-21(6-2)17-18-12(3)11-15(20-17)19-14-9-7-13(8-10-14)16(22)23-4/h7-11H,5-6H2,1-4H3,(H,18,19,20). The molecule has 0 bridgehead atoms. The molecular weight excluding hydrogens is 292 g/mol. The molecule has 6 heteroatoms. The van der Waals surface area contributed by atoms with Crippen LogP contribution >= 0.6 is 0 Å². The maximum atomic E-state index is 11.4. The number of hydrogen-bond acceptors (Lipinski definition) is 6. The number of rotatable bonds is 6. The zero-order chi connectivity index (χ0) is 16.8. The van der Waals surface area contributed by atoms with Crippen LogP contribution in [0.5, 0.6) is 0 Å². The van der Waals surface area contributed by atoms with Crippen LogP contribution in [0.2, 0.25) is 0 Å². The molecule has 0 saturated heterocycles. The summed E-state index contributed by atoms with van der Waals surface area (Å²) in [6.07, 6.45) is 0. The predicted molar refractivity (Wildman–Crippen MR) is 91.4 cm³/mol. The number of carbonyl (C=O) groups excluding carboxylic acids is 1. The Balaban J connectivity index is 2.21. The quantitative estimate of drug-likeness (QED) is 0.826. The van der Waals surface area contributed by atoms with Crippen LogP contribution in [0, 0.1) is 6.92 Å². The normalized spacial score (nSPS) is 10.3. The molecule has 0 spiro atoms. The molecule has 0 saturated carbocycles. The van der Waals surface area contributed by atoms with Gasteiger partial charge in [-0.15, -0.1) is 0 Å². The third-order valence-corrected chi connectivity index (χ3v) is 3.47. The largest absolute Gasteiger partial charge is 0.465 e. The second-order valence-electron chi connectivity index (χ2n) is 5.06. The number of benzene rings is 1. The molecule has 2 aromatic rings. The van der Waals surface area contributed by atoms with Crippen LogP contribution in [0.15, 0.2) is 30.3 Å². The van der Waals surface area contributed by atoms with Gasteiger partial charge in [0.1, 0.15) is 5.82 Å². The summed E-state index contributed by atoms with van der Waals surface area (Å²) in [5.74, 6) is 1.09. The van der Waals surface area contributed by atoms with Crippen molar-refractivity contribution in [2.75, 3.05) is 30.4 Å². The summed E-state index contributed by atoms with van der Waals surface area (Å²) in [4.78, 5) is 22.6. The molecule has 122 valence electrons. The van der Waals surface area contributed by atoms with Crippen LogP contribution in [0.25, 0.3) is 0 Å². The van der Waals surface area contributed by atoms with Gasteiger partial charge in [0, 0.05) is 30.5 Å². The first kappa shape index (κ1) is 16.7. The molecule has 1 heterocycles. The summed E-state index contributed by atoms with van der Waals surface area (Å²) in [5.41, 5.74) is 2.26. The molecule has 1 aromatic heterocycles. The minimum Gasteiger partial charge on any atom is -0.465 e. The molecule has 6 nitrogen and oxygen atoms in total. The molecule has 0 aliphatic rings. The number of anilines is 3. The van der Waals surface area contributed by atoms with Gasteiger partial charge in [-0.3, -0.25) is 0 Å². The molecule has 1 aromatic carbocycles. The number of hydrogen-bond donors (Lipinski definition) is 1. The van der Waals surface area contributed by atoms with Crippen LogP contribution < -0.4 is 10.2 Å². The summed E-state index contributed by atoms with van der Waals surface area (Å²) < 4.78 is 4.69. The fourth-order valence-corrected chi connectivity index (χ4v) is 2.22. The molecule has 0 fully saturated rings. The third-order valence-electron chi connectivity index (χ3n) is 3.47. The van der Waals surface area contributed by atoms with E-state index in [1.807, 2.05) is 25.1 Å². The maximum Gasteiger partial charge on any atom is 0.337 e. The predicted octanol–water partition coefficient (Wildman–Crippen LogP) is 3.16. The Labute approximate surface area is 136 Å². The summed E-state index contributed by atoms with van der Waals surface area (Å²) in [6.45, 7) is 7.81. The number of nitrogens with one attached hydrogen (secondary N) is 1. The van der Waals surface area contributed by atoms with Crippen molar-refractivity contribution in [3.63, 3.8) is 0 Å². The van der Waals surface area contributed by atoms with Gasteiger partial charge in [0.25, 0.3) is 0 Å². The molecule has 1 N–H and O–H groups in total. The van der Waals surface area contributed by atoms with Crippen molar-refractivity contribution >= 4 is 23.4 Å². The third kappa shape index (κ3) is 4.18. The Hall–Kier alpha value is -2.63. The Morgan fingerprint density at radius 1 is 1.17 bits per heavy atom. The fourth-order valence-electron chi connectivity index (χ4n) is 2.22. The molecule has 0 aliphatic carbocycles. The van der Waals surface area contributed by atoms with E-state index in [1.165, 1.54) is 7.11 Å². The lowest BCUT2D eigenvalue weighted by Crippen LogP contribution is -2.24. The lowest BCUT2D eigenvalue weighted by Gasteiger charge is -2.19. The van der Waals surface area contributed by atoms with Gasteiger partial charge < -0.3 is 15.0 Å². The lowest BCUT2D eigenvalue weighted by atomic mass is 10.2. The highest BCUT2D eigenvalue weighted by Gasteiger charge is 2.09. The molecule has 23 heavy (non-hydrogen) atoms. The second-order valence-corrected chi connectivity index (χ2v) is 5.06. The Bertz CT molecular complexity index is 667. The van der Waals surface area contributed by atoms with Gasteiger partial charge >= 0.3 is 5.97 Å². The highest BCUT2D eigenvalue weighted by molar-refractivity contribution is 5.89. The summed E-state index contributed by atoms with van der Waals surface area (Å²) in [7, 11) is 1.37. The average molecular weight is 314 g/mol. The number of carbonyl (C=O) groups is 1. The fraction of sp³-hybridized carbons (Fsp3) is 0.353. The summed E-state index contributed by atoms with van der Waals surface area (Å²) in [6, 6.07) is 8.96. The zero-order valence-electron chi connectivity index (χ0n) is 14.0. The van der Waals surface area contributed by atoms with Crippen LogP contribution in [-0.4, -0.2) is 36.1 Å². The van der Waals surface area contributed by atoms with Crippen molar-refractivity contribution in [2.24, 2.45) is 0 Å². The van der Waals surface area contributed by atoms with Crippen LogP contribution in [-0.2, 0) is 4.74 Å². The van der Waals surface area contributed by atoms with E-state index in [1.54, 1.807) is 12.1 Å². The number of ether oxygens (including phenoxy) is 1. The highest BCUT2D eigenvalue weighted by Crippen LogP contribution is 2.19. The second kappa shape index (κ2) is 7.58. The van der Waals surface area contributed by atoms with Crippen molar-refractivity contribution in [3.05, 3.63) is 41.6 Å². The van der Waals surface area contributed by atoms with Gasteiger partial charge in [-0.25, -0.2) is 9.78 Å². The van der Waals surface area contributed by atoms with Gasteiger partial charge in [0.2, 0.25) is 5.95 Å². The van der Waals surface area contributed by atoms with Gasteiger partial charge in [0.05, 0.1) is 12.7 Å². The first-order valence-electron chi connectivity index (χ1n) is 7.63. The Kier molecular flexibility index (Phi) is 5.51. The smallest absolute Gasteiger partial charge is 0.337 e. The monoisotopic (exact) mass is 314 g/mol. The van der Waals surface area contributed by atoms with Gasteiger partial charge in [-0.05, 0) is 45.0 Å². The van der Waals surface area contributed by atoms with Gasteiger partial charge in [-0.2, -0.15) is 4.98 Å². The van der Waals surface area contributed by atoms with E-state index in [4.69, 9.17) is 4.74 Å². The van der Waals surface area contributed by atoms with Gasteiger partial charge in [0.15, 0.2) is 0 Å². The topological polar surface area (TPSA) is 67.4 Å². The average Bonchev–Trinajstić information content (AvgIpc) is 2.55. The SMILES string of the molecule is CCN(CC)c1nc(C)cc(Nc2ccc(C(=O)OC)cc2)n1. The number of esters is 1. The van der Waals surface area contributed by atoms with E-state index in [0.29, 0.717) is 11.5 Å². The van der Waals surface area contributed by atoms with E-state index in [9.17, 15) is 4.79 Å². The zero-order valence-corrected chi connectivity index (χ0v) is 14.0. The molecule has 0 amide bonds.